The van der Waals surface area contributed by atoms with Gasteiger partial charge in [-0.1, -0.05) is 18.2 Å². The standard InChI is InChI=1S/C25H31F2N3O/c1-17(18-10-12-23(31-3)13-11-18)28-20-6-4-7-21(15-20)29-24-9-5-8-22-14-19(16-30(22)24)25(2,26)27/h5,8-14,16-17,20-21,28-29H,4,6-7,15H2,1-3H3/t17?,20-,21+/m1/s1. The topological polar surface area (TPSA) is 37.7 Å². The van der Waals surface area contributed by atoms with Gasteiger partial charge < -0.3 is 19.8 Å². The number of hydrogen-bond donors (Lipinski definition) is 2. The van der Waals surface area contributed by atoms with Crippen LogP contribution in [0.2, 0.25) is 0 Å². The van der Waals surface area contributed by atoms with Crippen molar-refractivity contribution in [3.8, 4) is 5.75 Å². The lowest BCUT2D eigenvalue weighted by Gasteiger charge is -2.33. The van der Waals surface area contributed by atoms with E-state index in [1.54, 1.807) is 19.4 Å². The molecule has 6 heteroatoms. The predicted octanol–water partition coefficient (Wildman–Crippen LogP) is 6.13. The lowest BCUT2D eigenvalue weighted by atomic mass is 9.90. The molecule has 0 amide bonds. The van der Waals surface area contributed by atoms with Crippen LogP contribution in [0.1, 0.15) is 56.7 Å². The van der Waals surface area contributed by atoms with Gasteiger partial charge in [0.25, 0.3) is 5.92 Å². The number of benzene rings is 1. The quantitative estimate of drug-likeness (QED) is 0.476. The van der Waals surface area contributed by atoms with Gasteiger partial charge in [0, 0.05) is 42.3 Å². The van der Waals surface area contributed by atoms with Crippen LogP contribution in [0, 0.1) is 0 Å². The average Bonchev–Trinajstić information content (AvgIpc) is 3.20. The summed E-state index contributed by atoms with van der Waals surface area (Å²) in [6, 6.07) is 16.4. The van der Waals surface area contributed by atoms with Crippen molar-refractivity contribution >= 4 is 11.3 Å². The minimum atomic E-state index is -2.85. The summed E-state index contributed by atoms with van der Waals surface area (Å²) >= 11 is 0. The Labute approximate surface area is 182 Å². The minimum Gasteiger partial charge on any atom is -0.497 e. The molecule has 0 saturated heterocycles. The van der Waals surface area contributed by atoms with E-state index in [-0.39, 0.29) is 11.6 Å². The van der Waals surface area contributed by atoms with Gasteiger partial charge in [0.05, 0.1) is 7.11 Å². The first-order valence-corrected chi connectivity index (χ1v) is 11.0. The number of aromatic nitrogens is 1. The van der Waals surface area contributed by atoms with Gasteiger partial charge in [0.1, 0.15) is 11.6 Å². The summed E-state index contributed by atoms with van der Waals surface area (Å²) in [5.41, 5.74) is 2.06. The summed E-state index contributed by atoms with van der Waals surface area (Å²) in [6.45, 7) is 3.13. The van der Waals surface area contributed by atoms with E-state index >= 15 is 0 Å². The number of hydrogen-bond acceptors (Lipinski definition) is 3. The number of rotatable bonds is 7. The van der Waals surface area contributed by atoms with Gasteiger partial charge >= 0.3 is 0 Å². The SMILES string of the molecule is COc1ccc(C(C)N[C@@H]2CCC[C@H](Nc3cccc4cc(C(C)(F)F)cn34)C2)cc1. The van der Waals surface area contributed by atoms with Crippen LogP contribution in [-0.2, 0) is 5.92 Å². The van der Waals surface area contributed by atoms with Gasteiger partial charge in [-0.25, -0.2) is 8.78 Å². The highest BCUT2D eigenvalue weighted by atomic mass is 19.3. The number of alkyl halides is 2. The summed E-state index contributed by atoms with van der Waals surface area (Å²) in [7, 11) is 1.68. The first kappa shape index (κ1) is 21.6. The third kappa shape index (κ3) is 5.01. The molecule has 2 heterocycles. The second-order valence-corrected chi connectivity index (χ2v) is 8.69. The molecule has 1 aliphatic rings. The van der Waals surface area contributed by atoms with E-state index in [2.05, 4.69) is 29.7 Å². The fourth-order valence-electron chi connectivity index (χ4n) is 4.52. The van der Waals surface area contributed by atoms with E-state index in [0.29, 0.717) is 12.1 Å². The zero-order valence-electron chi connectivity index (χ0n) is 18.4. The van der Waals surface area contributed by atoms with Crippen LogP contribution in [0.25, 0.3) is 5.52 Å². The monoisotopic (exact) mass is 427 g/mol. The van der Waals surface area contributed by atoms with Crippen molar-refractivity contribution < 1.29 is 13.5 Å². The van der Waals surface area contributed by atoms with Gasteiger partial charge in [-0.2, -0.15) is 0 Å². The molecule has 1 aliphatic carbocycles. The molecule has 0 bridgehead atoms. The average molecular weight is 428 g/mol. The summed E-state index contributed by atoms with van der Waals surface area (Å²) in [5.74, 6) is -1.12. The van der Waals surface area contributed by atoms with Crippen LogP contribution in [0.5, 0.6) is 5.75 Å². The lowest BCUT2D eigenvalue weighted by molar-refractivity contribution is 0.0176. The van der Waals surface area contributed by atoms with E-state index in [9.17, 15) is 8.78 Å². The van der Waals surface area contributed by atoms with Crippen LogP contribution >= 0.6 is 0 Å². The summed E-state index contributed by atoms with van der Waals surface area (Å²) in [4.78, 5) is 0. The largest absolute Gasteiger partial charge is 0.497 e. The molecule has 0 spiro atoms. The minimum absolute atomic E-state index is 0.0400. The molecule has 3 aromatic rings. The van der Waals surface area contributed by atoms with Crippen molar-refractivity contribution in [3.63, 3.8) is 0 Å². The zero-order chi connectivity index (χ0) is 22.0. The summed E-state index contributed by atoms with van der Waals surface area (Å²) < 4.78 is 34.7. The number of ether oxygens (including phenoxy) is 1. The maximum Gasteiger partial charge on any atom is 0.272 e. The van der Waals surface area contributed by atoms with E-state index in [0.717, 1.165) is 49.7 Å². The zero-order valence-corrected chi connectivity index (χ0v) is 18.4. The molecular weight excluding hydrogens is 396 g/mol. The Balaban J connectivity index is 1.42. The van der Waals surface area contributed by atoms with Crippen molar-refractivity contribution in [2.45, 2.75) is 63.6 Å². The van der Waals surface area contributed by atoms with Crippen LogP contribution < -0.4 is 15.4 Å². The molecule has 1 fully saturated rings. The van der Waals surface area contributed by atoms with Gasteiger partial charge in [-0.05, 0) is 68.5 Å². The summed E-state index contributed by atoms with van der Waals surface area (Å²) in [5, 5.41) is 7.37. The van der Waals surface area contributed by atoms with Crippen molar-refractivity contribution in [2.75, 3.05) is 12.4 Å². The van der Waals surface area contributed by atoms with Gasteiger partial charge in [-0.15, -0.1) is 0 Å². The maximum atomic E-state index is 13.8. The van der Waals surface area contributed by atoms with Crippen molar-refractivity contribution in [1.29, 1.82) is 0 Å². The number of anilines is 1. The smallest absolute Gasteiger partial charge is 0.272 e. The number of nitrogens with zero attached hydrogens (tertiary/aromatic N) is 1. The van der Waals surface area contributed by atoms with Crippen LogP contribution in [0.4, 0.5) is 14.6 Å². The number of pyridine rings is 1. The molecule has 2 aromatic heterocycles. The van der Waals surface area contributed by atoms with Gasteiger partial charge in [0.2, 0.25) is 0 Å². The molecule has 1 saturated carbocycles. The Morgan fingerprint density at radius 1 is 1.10 bits per heavy atom. The Kier molecular flexibility index (Phi) is 6.19. The fraction of sp³-hybridized carbons (Fsp3) is 0.440. The van der Waals surface area contributed by atoms with Crippen LogP contribution in [0.3, 0.4) is 0 Å². The molecule has 31 heavy (non-hydrogen) atoms. The van der Waals surface area contributed by atoms with Crippen molar-refractivity contribution in [2.24, 2.45) is 0 Å². The Bertz CT molecular complexity index is 1010. The number of nitrogens with one attached hydrogen (secondary N) is 2. The van der Waals surface area contributed by atoms with Crippen LogP contribution in [-0.4, -0.2) is 23.6 Å². The van der Waals surface area contributed by atoms with E-state index < -0.39 is 5.92 Å². The molecule has 0 radical (unpaired) electrons. The predicted molar refractivity (Wildman–Crippen MR) is 121 cm³/mol. The molecular formula is C25H31F2N3O. The Morgan fingerprint density at radius 3 is 2.55 bits per heavy atom. The third-order valence-electron chi connectivity index (χ3n) is 6.26. The summed E-state index contributed by atoms with van der Waals surface area (Å²) in [6.07, 6.45) is 5.88. The first-order valence-electron chi connectivity index (χ1n) is 11.0. The highest BCUT2D eigenvalue weighted by Crippen LogP contribution is 2.31. The van der Waals surface area contributed by atoms with Gasteiger partial charge in [0.15, 0.2) is 0 Å². The second-order valence-electron chi connectivity index (χ2n) is 8.69. The van der Waals surface area contributed by atoms with E-state index in [1.165, 1.54) is 5.56 Å². The normalized spacial score (nSPS) is 20.5. The highest BCUT2D eigenvalue weighted by molar-refractivity contribution is 5.58. The maximum absolute atomic E-state index is 13.8. The molecule has 1 unspecified atom stereocenters. The van der Waals surface area contributed by atoms with E-state index in [4.69, 9.17) is 4.74 Å². The fourth-order valence-corrected chi connectivity index (χ4v) is 4.52. The van der Waals surface area contributed by atoms with Crippen LogP contribution in [0.15, 0.2) is 54.7 Å². The van der Waals surface area contributed by atoms with Crippen molar-refractivity contribution in [3.05, 3.63) is 65.9 Å². The molecule has 2 N–H and O–H groups in total. The Morgan fingerprint density at radius 2 is 1.84 bits per heavy atom. The lowest BCUT2D eigenvalue weighted by Crippen LogP contribution is -2.40. The Hall–Kier alpha value is -2.60. The highest BCUT2D eigenvalue weighted by Gasteiger charge is 2.27. The van der Waals surface area contributed by atoms with Crippen molar-refractivity contribution in [1.82, 2.24) is 9.72 Å². The second kappa shape index (κ2) is 8.87. The molecule has 3 atom stereocenters. The van der Waals surface area contributed by atoms with E-state index in [1.807, 2.05) is 34.7 Å². The molecule has 4 nitrogen and oxygen atoms in total. The van der Waals surface area contributed by atoms with Gasteiger partial charge in [-0.3, -0.25) is 0 Å². The molecule has 4 rings (SSSR count). The molecule has 1 aromatic carbocycles. The number of methoxy groups -OCH3 is 1. The third-order valence-corrected chi connectivity index (χ3v) is 6.26. The number of halogens is 2. The molecule has 166 valence electrons. The number of fused-ring (bicyclic) bond motifs is 1. The first-order chi connectivity index (χ1) is 14.8. The molecule has 0 aliphatic heterocycles.